The van der Waals surface area contributed by atoms with Gasteiger partial charge in [-0.3, -0.25) is 10.2 Å². The normalized spacial score (nSPS) is 11.3. The summed E-state index contributed by atoms with van der Waals surface area (Å²) in [5.74, 6) is -0.0654. The van der Waals surface area contributed by atoms with E-state index in [0.29, 0.717) is 5.02 Å². The lowest BCUT2D eigenvalue weighted by Gasteiger charge is -2.04. The van der Waals surface area contributed by atoms with E-state index in [-0.39, 0.29) is 11.6 Å². The van der Waals surface area contributed by atoms with Crippen LogP contribution in [0.4, 0.5) is 5.69 Å². The lowest BCUT2D eigenvalue weighted by atomic mass is 10.3. The summed E-state index contributed by atoms with van der Waals surface area (Å²) < 4.78 is 1.30. The van der Waals surface area contributed by atoms with E-state index < -0.39 is 0 Å². The molecule has 18 heavy (non-hydrogen) atoms. The summed E-state index contributed by atoms with van der Waals surface area (Å²) in [6.07, 6.45) is 2.74. The number of hydrazone groups is 1. The predicted octanol–water partition coefficient (Wildman–Crippen LogP) is 1.79. The second-order valence-corrected chi connectivity index (χ2v) is 3.89. The van der Waals surface area contributed by atoms with Crippen molar-refractivity contribution in [1.82, 2.24) is 14.8 Å². The molecule has 0 atom stereocenters. The summed E-state index contributed by atoms with van der Waals surface area (Å²) in [6, 6.07) is 6.96. The molecule has 0 radical (unpaired) electrons. The molecule has 6 nitrogen and oxygen atoms in total. The van der Waals surface area contributed by atoms with Crippen molar-refractivity contribution < 1.29 is 4.79 Å². The van der Waals surface area contributed by atoms with E-state index in [1.807, 2.05) is 0 Å². The molecule has 0 spiro atoms. The molecule has 0 aliphatic carbocycles. The van der Waals surface area contributed by atoms with Crippen LogP contribution in [0.1, 0.15) is 6.92 Å². The minimum absolute atomic E-state index is 0.155. The fourth-order valence-corrected chi connectivity index (χ4v) is 1.38. The molecule has 2 rings (SSSR count). The third-order valence-corrected chi connectivity index (χ3v) is 2.34. The third kappa shape index (κ3) is 2.92. The second-order valence-electron chi connectivity index (χ2n) is 3.45. The van der Waals surface area contributed by atoms with E-state index in [2.05, 4.69) is 20.6 Å². The molecule has 2 aromatic rings. The van der Waals surface area contributed by atoms with Gasteiger partial charge in [0.15, 0.2) is 5.78 Å². The van der Waals surface area contributed by atoms with Crippen molar-refractivity contribution in [2.45, 2.75) is 6.92 Å². The lowest BCUT2D eigenvalue weighted by molar-refractivity contribution is -0.111. The molecule has 1 N–H and O–H groups in total. The molecule has 0 saturated heterocycles. The molecule has 7 heteroatoms. The van der Waals surface area contributed by atoms with Gasteiger partial charge >= 0.3 is 0 Å². The van der Waals surface area contributed by atoms with Crippen molar-refractivity contribution in [2.24, 2.45) is 5.10 Å². The number of ketones is 1. The van der Waals surface area contributed by atoms with Gasteiger partial charge in [0, 0.05) is 11.9 Å². The second kappa shape index (κ2) is 5.42. The van der Waals surface area contributed by atoms with Crippen LogP contribution >= 0.6 is 11.6 Å². The fourth-order valence-electron chi connectivity index (χ4n) is 1.25. The van der Waals surface area contributed by atoms with Crippen molar-refractivity contribution >= 4 is 28.9 Å². The molecule has 0 saturated carbocycles. The number of anilines is 1. The predicted molar refractivity (Wildman–Crippen MR) is 68.6 cm³/mol. The van der Waals surface area contributed by atoms with Gasteiger partial charge in [-0.25, -0.2) is 4.98 Å². The first kappa shape index (κ1) is 12.3. The zero-order valence-corrected chi connectivity index (χ0v) is 10.3. The van der Waals surface area contributed by atoms with E-state index in [1.54, 1.807) is 24.3 Å². The lowest BCUT2D eigenvalue weighted by Crippen LogP contribution is -2.22. The summed E-state index contributed by atoms with van der Waals surface area (Å²) in [5, 5.41) is 8.49. The molecule has 0 aliphatic heterocycles. The van der Waals surface area contributed by atoms with Crippen LogP contribution in [0, 0.1) is 0 Å². The van der Waals surface area contributed by atoms with Crippen LogP contribution in [-0.2, 0) is 4.79 Å². The molecule has 0 aliphatic rings. The number of carbonyl (C=O) groups is 1. The van der Waals surface area contributed by atoms with Crippen LogP contribution in [0.2, 0.25) is 5.02 Å². The van der Waals surface area contributed by atoms with Gasteiger partial charge in [-0.15, -0.1) is 0 Å². The first-order chi connectivity index (χ1) is 8.66. The zero-order chi connectivity index (χ0) is 13.0. The van der Waals surface area contributed by atoms with Crippen LogP contribution in [0.3, 0.4) is 0 Å². The highest BCUT2D eigenvalue weighted by atomic mass is 35.5. The fraction of sp³-hybridized carbons (Fsp3) is 0.0909. The van der Waals surface area contributed by atoms with Crippen molar-refractivity contribution in [1.29, 1.82) is 0 Å². The van der Waals surface area contributed by atoms with Crippen molar-refractivity contribution in [3.8, 4) is 0 Å². The van der Waals surface area contributed by atoms with Gasteiger partial charge in [0.05, 0.1) is 5.69 Å². The molecule has 0 bridgehead atoms. The average molecular weight is 264 g/mol. The SMILES string of the molecule is CC(=O)/C(=N\Nc1ccc(Cl)cc1)n1cncn1. The molecule has 0 unspecified atom stereocenters. The Kier molecular flexibility index (Phi) is 3.69. The number of carbonyl (C=O) groups excluding carboxylic acids is 1. The number of Topliss-reactive ketones (excluding diaryl/α,β-unsaturated/α-hetero) is 1. The highest BCUT2D eigenvalue weighted by Gasteiger charge is 2.09. The smallest absolute Gasteiger partial charge is 0.217 e. The molecular weight excluding hydrogens is 254 g/mol. The first-order valence-corrected chi connectivity index (χ1v) is 5.50. The van der Waals surface area contributed by atoms with Gasteiger partial charge in [0.1, 0.15) is 12.7 Å². The summed E-state index contributed by atoms with van der Waals surface area (Å²) in [7, 11) is 0. The van der Waals surface area contributed by atoms with E-state index in [9.17, 15) is 4.79 Å². The number of hydrogen-bond acceptors (Lipinski definition) is 5. The van der Waals surface area contributed by atoms with Gasteiger partial charge in [0.25, 0.3) is 0 Å². The maximum Gasteiger partial charge on any atom is 0.217 e. The topological polar surface area (TPSA) is 72.2 Å². The quantitative estimate of drug-likeness (QED) is 0.521. The summed E-state index contributed by atoms with van der Waals surface area (Å²) in [5.41, 5.74) is 3.48. The molecule has 0 amide bonds. The Morgan fingerprint density at radius 2 is 2.11 bits per heavy atom. The average Bonchev–Trinajstić information content (AvgIpc) is 2.85. The molecule has 1 heterocycles. The van der Waals surface area contributed by atoms with Crippen LogP contribution in [-0.4, -0.2) is 26.4 Å². The number of nitrogens with zero attached hydrogens (tertiary/aromatic N) is 4. The number of aromatic nitrogens is 3. The van der Waals surface area contributed by atoms with Crippen LogP contribution in [0.25, 0.3) is 0 Å². The summed E-state index contributed by atoms with van der Waals surface area (Å²) in [6.45, 7) is 1.41. The molecule has 0 fully saturated rings. The monoisotopic (exact) mass is 263 g/mol. The Hall–Kier alpha value is -2.21. The van der Waals surface area contributed by atoms with Gasteiger partial charge in [0.2, 0.25) is 5.84 Å². The van der Waals surface area contributed by atoms with E-state index >= 15 is 0 Å². The first-order valence-electron chi connectivity index (χ1n) is 5.12. The maximum atomic E-state index is 11.4. The molecule has 1 aromatic heterocycles. The number of hydrogen-bond donors (Lipinski definition) is 1. The number of benzene rings is 1. The van der Waals surface area contributed by atoms with E-state index in [1.165, 1.54) is 24.3 Å². The standard InChI is InChI=1S/C11H10ClN5O/c1-8(18)11(17-7-13-6-14-17)16-15-10-4-2-9(12)3-5-10/h2-7,15H,1H3/b16-11+. The van der Waals surface area contributed by atoms with Gasteiger partial charge in [-0.1, -0.05) is 11.6 Å². The van der Waals surface area contributed by atoms with Crippen LogP contribution in [0.15, 0.2) is 42.0 Å². The highest BCUT2D eigenvalue weighted by molar-refractivity contribution is 6.38. The van der Waals surface area contributed by atoms with E-state index in [4.69, 9.17) is 11.6 Å². The Morgan fingerprint density at radius 1 is 1.39 bits per heavy atom. The van der Waals surface area contributed by atoms with Crippen molar-refractivity contribution in [3.63, 3.8) is 0 Å². The Morgan fingerprint density at radius 3 is 2.67 bits per heavy atom. The zero-order valence-electron chi connectivity index (χ0n) is 9.54. The number of rotatable bonds is 3. The van der Waals surface area contributed by atoms with Crippen LogP contribution < -0.4 is 5.43 Å². The largest absolute Gasteiger partial charge is 0.291 e. The minimum Gasteiger partial charge on any atom is -0.291 e. The Balaban J connectivity index is 2.20. The molecule has 1 aromatic carbocycles. The van der Waals surface area contributed by atoms with Crippen LogP contribution in [0.5, 0.6) is 0 Å². The minimum atomic E-state index is -0.220. The molecular formula is C11H10ClN5O. The van der Waals surface area contributed by atoms with E-state index in [0.717, 1.165) is 5.69 Å². The van der Waals surface area contributed by atoms with Gasteiger partial charge < -0.3 is 0 Å². The van der Waals surface area contributed by atoms with Crippen molar-refractivity contribution in [2.75, 3.05) is 5.43 Å². The summed E-state index contributed by atoms with van der Waals surface area (Å²) >= 11 is 5.77. The Labute approximate surface area is 108 Å². The molecule has 92 valence electrons. The Bertz CT molecular complexity index is 562. The third-order valence-electron chi connectivity index (χ3n) is 2.09. The van der Waals surface area contributed by atoms with Crippen molar-refractivity contribution in [3.05, 3.63) is 41.9 Å². The maximum absolute atomic E-state index is 11.4. The number of halogens is 1. The highest BCUT2D eigenvalue weighted by Crippen LogP contribution is 2.13. The van der Waals surface area contributed by atoms with Gasteiger partial charge in [-0.2, -0.15) is 14.9 Å². The number of nitrogens with one attached hydrogen (secondary N) is 1. The van der Waals surface area contributed by atoms with Gasteiger partial charge in [-0.05, 0) is 24.3 Å². The summed E-state index contributed by atoms with van der Waals surface area (Å²) in [4.78, 5) is 15.2.